The van der Waals surface area contributed by atoms with Crippen molar-refractivity contribution in [2.75, 3.05) is 5.32 Å². The molecule has 2 aromatic carbocycles. The lowest BCUT2D eigenvalue weighted by atomic mass is 9.93. The van der Waals surface area contributed by atoms with Gasteiger partial charge < -0.3 is 5.32 Å². The van der Waals surface area contributed by atoms with Gasteiger partial charge >= 0.3 is 0 Å². The van der Waals surface area contributed by atoms with Crippen LogP contribution in [0.3, 0.4) is 0 Å². The second-order valence-corrected chi connectivity index (χ2v) is 6.07. The molecule has 24 heavy (non-hydrogen) atoms. The summed E-state index contributed by atoms with van der Waals surface area (Å²) in [5.41, 5.74) is 1.28. The van der Waals surface area contributed by atoms with Gasteiger partial charge in [-0.2, -0.15) is 10.1 Å². The Hall–Kier alpha value is -2.47. The van der Waals surface area contributed by atoms with Gasteiger partial charge in [0.25, 0.3) is 0 Å². The summed E-state index contributed by atoms with van der Waals surface area (Å²) in [7, 11) is 0. The maximum absolute atomic E-state index is 14.4. The highest BCUT2D eigenvalue weighted by Gasteiger charge is 2.32. The van der Waals surface area contributed by atoms with Crippen molar-refractivity contribution in [3.05, 3.63) is 76.6 Å². The Bertz CT molecular complexity index is 858. The van der Waals surface area contributed by atoms with Gasteiger partial charge in [0.1, 0.15) is 18.0 Å². The average Bonchev–Trinajstić information content (AvgIpc) is 3.04. The monoisotopic (exact) mass is 346 g/mol. The van der Waals surface area contributed by atoms with Gasteiger partial charge in [-0.1, -0.05) is 29.8 Å². The zero-order valence-corrected chi connectivity index (χ0v) is 13.2. The van der Waals surface area contributed by atoms with Crippen molar-refractivity contribution in [2.24, 2.45) is 0 Å². The highest BCUT2D eigenvalue weighted by atomic mass is 35.5. The number of benzene rings is 2. The third-order valence-corrected chi connectivity index (χ3v) is 4.57. The topological polar surface area (TPSA) is 42.7 Å². The first kappa shape index (κ1) is 15.1. The molecule has 7 heteroatoms. The molecule has 2 atom stereocenters. The van der Waals surface area contributed by atoms with E-state index in [9.17, 15) is 8.78 Å². The van der Waals surface area contributed by atoms with E-state index >= 15 is 0 Å². The van der Waals surface area contributed by atoms with Crippen LogP contribution in [0, 0.1) is 11.6 Å². The standard InChI is InChI=1S/C17H13ClF2N4/c18-12-2-1-3-13(20)16(12)15-8-14(10-4-6-11(19)7-5-10)23-17-21-9-22-24(15)17/h1-7,9,14-15H,8H2,(H,21,22,23)/t14-,15-/m1/s1. The fourth-order valence-electron chi connectivity index (χ4n) is 3.10. The molecule has 0 radical (unpaired) electrons. The van der Waals surface area contributed by atoms with Gasteiger partial charge in [-0.15, -0.1) is 0 Å². The number of halogens is 3. The van der Waals surface area contributed by atoms with E-state index in [1.807, 2.05) is 0 Å². The molecular weight excluding hydrogens is 334 g/mol. The van der Waals surface area contributed by atoms with Crippen LogP contribution in [0.1, 0.15) is 29.6 Å². The summed E-state index contributed by atoms with van der Waals surface area (Å²) in [6.45, 7) is 0. The van der Waals surface area contributed by atoms with Crippen molar-refractivity contribution >= 4 is 17.5 Å². The smallest absolute Gasteiger partial charge is 0.222 e. The molecule has 1 aliphatic rings. The number of nitrogens with one attached hydrogen (secondary N) is 1. The first-order valence-electron chi connectivity index (χ1n) is 7.49. The lowest BCUT2D eigenvalue weighted by Crippen LogP contribution is -2.28. The van der Waals surface area contributed by atoms with Crippen LogP contribution in [0.4, 0.5) is 14.7 Å². The lowest BCUT2D eigenvalue weighted by Gasteiger charge is -2.32. The Morgan fingerprint density at radius 2 is 1.92 bits per heavy atom. The number of hydrogen-bond donors (Lipinski definition) is 1. The van der Waals surface area contributed by atoms with E-state index in [4.69, 9.17) is 11.6 Å². The van der Waals surface area contributed by atoms with E-state index < -0.39 is 6.04 Å². The van der Waals surface area contributed by atoms with Gasteiger partial charge in [0.15, 0.2) is 0 Å². The number of anilines is 1. The highest BCUT2D eigenvalue weighted by Crippen LogP contribution is 2.40. The van der Waals surface area contributed by atoms with Crippen molar-refractivity contribution in [2.45, 2.75) is 18.5 Å². The normalized spacial score (nSPS) is 19.6. The molecule has 1 N–H and O–H groups in total. The maximum Gasteiger partial charge on any atom is 0.222 e. The predicted molar refractivity (Wildman–Crippen MR) is 87.0 cm³/mol. The molecule has 4 rings (SSSR count). The van der Waals surface area contributed by atoms with Crippen LogP contribution in [-0.4, -0.2) is 14.8 Å². The van der Waals surface area contributed by atoms with Crippen LogP contribution in [0.2, 0.25) is 5.02 Å². The Labute approximate surface area is 142 Å². The van der Waals surface area contributed by atoms with Gasteiger partial charge in [-0.05, 0) is 36.2 Å². The third kappa shape index (κ3) is 2.53. The number of aromatic nitrogens is 3. The summed E-state index contributed by atoms with van der Waals surface area (Å²) in [5, 5.41) is 7.80. The molecule has 0 bridgehead atoms. The van der Waals surface area contributed by atoms with Gasteiger partial charge in [-0.3, -0.25) is 0 Å². The van der Waals surface area contributed by atoms with Crippen molar-refractivity contribution in [1.29, 1.82) is 0 Å². The molecular formula is C17H13ClF2N4. The van der Waals surface area contributed by atoms with Crippen molar-refractivity contribution < 1.29 is 8.78 Å². The SMILES string of the molecule is Fc1ccc([C@H]2C[C@H](c3c(F)cccc3Cl)n3ncnc3N2)cc1. The van der Waals surface area contributed by atoms with Crippen LogP contribution in [0.15, 0.2) is 48.8 Å². The maximum atomic E-state index is 14.4. The summed E-state index contributed by atoms with van der Waals surface area (Å²) in [5.74, 6) is -0.153. The van der Waals surface area contributed by atoms with Gasteiger partial charge in [0, 0.05) is 10.6 Å². The first-order chi connectivity index (χ1) is 11.6. The average molecular weight is 347 g/mol. The predicted octanol–water partition coefficient (Wildman–Crippen LogP) is 4.36. The summed E-state index contributed by atoms with van der Waals surface area (Å²) in [6.07, 6.45) is 1.93. The molecule has 3 aromatic rings. The number of rotatable bonds is 2. The molecule has 0 saturated heterocycles. The minimum atomic E-state index is -0.396. The number of hydrogen-bond acceptors (Lipinski definition) is 3. The number of fused-ring (bicyclic) bond motifs is 1. The fraction of sp³-hybridized carbons (Fsp3) is 0.176. The van der Waals surface area contributed by atoms with Crippen molar-refractivity contribution in [3.8, 4) is 0 Å². The molecule has 1 aromatic heterocycles. The minimum absolute atomic E-state index is 0.150. The Balaban J connectivity index is 1.78. The van der Waals surface area contributed by atoms with Gasteiger partial charge in [-0.25, -0.2) is 13.5 Å². The van der Waals surface area contributed by atoms with Crippen LogP contribution in [0.5, 0.6) is 0 Å². The van der Waals surface area contributed by atoms with Crippen LogP contribution in [0.25, 0.3) is 0 Å². The van der Waals surface area contributed by atoms with E-state index in [1.54, 1.807) is 28.9 Å². The molecule has 122 valence electrons. The zero-order valence-electron chi connectivity index (χ0n) is 12.5. The fourth-order valence-corrected chi connectivity index (χ4v) is 3.39. The largest absolute Gasteiger partial charge is 0.348 e. The van der Waals surface area contributed by atoms with E-state index in [0.29, 0.717) is 23.0 Å². The van der Waals surface area contributed by atoms with Crippen molar-refractivity contribution in [1.82, 2.24) is 14.8 Å². The van der Waals surface area contributed by atoms with Crippen molar-refractivity contribution in [3.63, 3.8) is 0 Å². The summed E-state index contributed by atoms with van der Waals surface area (Å²) in [6, 6.07) is 10.3. The zero-order chi connectivity index (χ0) is 16.7. The van der Waals surface area contributed by atoms with Crippen LogP contribution < -0.4 is 5.32 Å². The van der Waals surface area contributed by atoms with Crippen LogP contribution in [-0.2, 0) is 0 Å². The third-order valence-electron chi connectivity index (χ3n) is 4.24. The summed E-state index contributed by atoms with van der Waals surface area (Å²) < 4.78 is 29.2. The summed E-state index contributed by atoms with van der Waals surface area (Å²) in [4.78, 5) is 4.19. The quantitative estimate of drug-likeness (QED) is 0.750. The second kappa shape index (κ2) is 5.87. The molecule has 2 heterocycles. The molecule has 1 aliphatic heterocycles. The highest BCUT2D eigenvalue weighted by molar-refractivity contribution is 6.31. The van der Waals surface area contributed by atoms with Gasteiger partial charge in [0.05, 0.1) is 12.1 Å². The molecule has 0 amide bonds. The lowest BCUT2D eigenvalue weighted by molar-refractivity contribution is 0.415. The molecule has 0 saturated carbocycles. The molecule has 0 spiro atoms. The Morgan fingerprint density at radius 1 is 1.12 bits per heavy atom. The molecule has 0 fully saturated rings. The molecule has 0 aliphatic carbocycles. The minimum Gasteiger partial charge on any atom is -0.348 e. The van der Waals surface area contributed by atoms with Gasteiger partial charge in [0.2, 0.25) is 5.95 Å². The number of nitrogens with zero attached hydrogens (tertiary/aromatic N) is 3. The van der Waals surface area contributed by atoms with Crippen LogP contribution >= 0.6 is 11.6 Å². The Morgan fingerprint density at radius 3 is 2.67 bits per heavy atom. The summed E-state index contributed by atoms with van der Waals surface area (Å²) >= 11 is 6.24. The van der Waals surface area contributed by atoms with E-state index in [2.05, 4.69) is 15.4 Å². The molecule has 0 unspecified atom stereocenters. The molecule has 4 nitrogen and oxygen atoms in total. The van der Waals surface area contributed by atoms with E-state index in [0.717, 1.165) is 5.56 Å². The van der Waals surface area contributed by atoms with E-state index in [1.165, 1.54) is 24.5 Å². The first-order valence-corrected chi connectivity index (χ1v) is 7.86. The van der Waals surface area contributed by atoms with E-state index in [-0.39, 0.29) is 17.7 Å². The Kier molecular flexibility index (Phi) is 3.69. The second-order valence-electron chi connectivity index (χ2n) is 5.66.